The fraction of sp³-hybridized carbons (Fsp3) is 0.588. The van der Waals surface area contributed by atoms with Crippen molar-refractivity contribution in [2.75, 3.05) is 27.2 Å². The van der Waals surface area contributed by atoms with Gasteiger partial charge in [0.2, 0.25) is 0 Å². The summed E-state index contributed by atoms with van der Waals surface area (Å²) in [6.45, 7) is 5.51. The Balaban J connectivity index is 2.15. The predicted molar refractivity (Wildman–Crippen MR) is 83.2 cm³/mol. The zero-order chi connectivity index (χ0) is 17.4. The Morgan fingerprint density at radius 2 is 1.74 bits per heavy atom. The van der Waals surface area contributed by atoms with Gasteiger partial charge in [-0.05, 0) is 50.2 Å². The van der Waals surface area contributed by atoms with E-state index >= 15 is 0 Å². The number of likely N-dealkylation sites (tertiary alicyclic amines) is 1. The Kier molecular flexibility index (Phi) is 5.04. The first-order chi connectivity index (χ1) is 10.6. The van der Waals surface area contributed by atoms with Crippen molar-refractivity contribution in [1.82, 2.24) is 9.80 Å². The molecule has 23 heavy (non-hydrogen) atoms. The lowest BCUT2D eigenvalue weighted by Crippen LogP contribution is -2.37. The number of halogens is 3. The highest BCUT2D eigenvalue weighted by atomic mass is 19.4. The van der Waals surface area contributed by atoms with Gasteiger partial charge in [0.05, 0.1) is 5.56 Å². The van der Waals surface area contributed by atoms with Gasteiger partial charge >= 0.3 is 6.18 Å². The highest BCUT2D eigenvalue weighted by Crippen LogP contribution is 2.31. The van der Waals surface area contributed by atoms with Crippen LogP contribution in [-0.4, -0.2) is 48.9 Å². The molecule has 0 N–H and O–H groups in total. The largest absolute Gasteiger partial charge is 0.416 e. The van der Waals surface area contributed by atoms with Crippen molar-refractivity contribution in [2.24, 2.45) is 11.8 Å². The number of benzene rings is 1. The van der Waals surface area contributed by atoms with Crippen LogP contribution in [0.5, 0.6) is 0 Å². The molecule has 1 aromatic rings. The maximum absolute atomic E-state index is 12.6. The Hall–Kier alpha value is -1.56. The zero-order valence-corrected chi connectivity index (χ0v) is 13.9. The van der Waals surface area contributed by atoms with Crippen LogP contribution in [0.4, 0.5) is 13.2 Å². The standard InChI is InChI=1S/C17H23F3N2O/c1-11(2)14-9-22(10-15(14)21(3)4)16(23)12-5-7-13(8-6-12)17(18,19)20/h5-8,11,14-15H,9-10H2,1-4H3. The molecule has 2 atom stereocenters. The smallest absolute Gasteiger partial charge is 0.337 e. The third-order valence-corrected chi connectivity index (χ3v) is 4.60. The SMILES string of the molecule is CC(C)C1CN(C(=O)c2ccc(C(F)(F)F)cc2)CC1N(C)C. The summed E-state index contributed by atoms with van der Waals surface area (Å²) in [6.07, 6.45) is -4.38. The summed E-state index contributed by atoms with van der Waals surface area (Å²) in [5, 5.41) is 0. The van der Waals surface area contributed by atoms with Crippen LogP contribution in [0.2, 0.25) is 0 Å². The van der Waals surface area contributed by atoms with Crippen molar-refractivity contribution in [1.29, 1.82) is 0 Å². The molecule has 3 nitrogen and oxygen atoms in total. The normalized spacial score (nSPS) is 22.2. The number of likely N-dealkylation sites (N-methyl/N-ethyl adjacent to an activating group) is 1. The molecule has 2 rings (SSSR count). The lowest BCUT2D eigenvalue weighted by Gasteiger charge is -2.27. The molecule has 2 unspecified atom stereocenters. The molecule has 1 aliphatic heterocycles. The van der Waals surface area contributed by atoms with Gasteiger partial charge in [-0.25, -0.2) is 0 Å². The molecule has 0 bridgehead atoms. The van der Waals surface area contributed by atoms with Crippen molar-refractivity contribution in [3.8, 4) is 0 Å². The monoisotopic (exact) mass is 328 g/mol. The van der Waals surface area contributed by atoms with E-state index in [1.165, 1.54) is 12.1 Å². The second kappa shape index (κ2) is 6.51. The number of carbonyl (C=O) groups excluding carboxylic acids is 1. The molecule has 1 heterocycles. The van der Waals surface area contributed by atoms with Gasteiger partial charge in [0.15, 0.2) is 0 Å². The van der Waals surface area contributed by atoms with E-state index in [1.807, 2.05) is 14.1 Å². The van der Waals surface area contributed by atoms with Gasteiger partial charge in [-0.1, -0.05) is 13.8 Å². The van der Waals surface area contributed by atoms with E-state index < -0.39 is 11.7 Å². The van der Waals surface area contributed by atoms with Crippen LogP contribution in [0, 0.1) is 11.8 Å². The molecule has 0 radical (unpaired) electrons. The minimum atomic E-state index is -4.38. The summed E-state index contributed by atoms with van der Waals surface area (Å²) >= 11 is 0. The molecule has 6 heteroatoms. The molecule has 1 saturated heterocycles. The first kappa shape index (κ1) is 17.8. The molecule has 128 valence electrons. The molecule has 0 aliphatic carbocycles. The molecule has 1 aliphatic rings. The zero-order valence-electron chi connectivity index (χ0n) is 13.9. The van der Waals surface area contributed by atoms with E-state index in [0.29, 0.717) is 30.5 Å². The fourth-order valence-electron chi connectivity index (χ4n) is 3.16. The average Bonchev–Trinajstić information content (AvgIpc) is 2.91. The van der Waals surface area contributed by atoms with Crippen molar-refractivity contribution in [3.05, 3.63) is 35.4 Å². The van der Waals surface area contributed by atoms with Gasteiger partial charge in [-0.3, -0.25) is 4.79 Å². The summed E-state index contributed by atoms with van der Waals surface area (Å²) in [5.41, 5.74) is -0.429. The molecular formula is C17H23F3N2O. The van der Waals surface area contributed by atoms with Crippen molar-refractivity contribution < 1.29 is 18.0 Å². The fourth-order valence-corrected chi connectivity index (χ4v) is 3.16. The quantitative estimate of drug-likeness (QED) is 0.849. The number of carbonyl (C=O) groups is 1. The van der Waals surface area contributed by atoms with Crippen LogP contribution >= 0.6 is 0 Å². The summed E-state index contributed by atoms with van der Waals surface area (Å²) < 4.78 is 37.8. The number of amides is 1. The first-order valence-corrected chi connectivity index (χ1v) is 7.74. The van der Waals surface area contributed by atoms with Gasteiger partial charge in [0, 0.05) is 24.7 Å². The second-order valence-electron chi connectivity index (χ2n) is 6.72. The van der Waals surface area contributed by atoms with Crippen LogP contribution in [0.25, 0.3) is 0 Å². The van der Waals surface area contributed by atoms with E-state index in [9.17, 15) is 18.0 Å². The van der Waals surface area contributed by atoms with E-state index in [-0.39, 0.29) is 11.9 Å². The highest BCUT2D eigenvalue weighted by molar-refractivity contribution is 5.94. The Morgan fingerprint density at radius 3 is 2.13 bits per heavy atom. The van der Waals surface area contributed by atoms with Gasteiger partial charge in [0.25, 0.3) is 5.91 Å². The lowest BCUT2D eigenvalue weighted by molar-refractivity contribution is -0.137. The van der Waals surface area contributed by atoms with Crippen LogP contribution < -0.4 is 0 Å². The van der Waals surface area contributed by atoms with E-state index in [4.69, 9.17) is 0 Å². The molecule has 0 aromatic heterocycles. The van der Waals surface area contributed by atoms with Gasteiger partial charge in [-0.15, -0.1) is 0 Å². The average molecular weight is 328 g/mol. The second-order valence-corrected chi connectivity index (χ2v) is 6.72. The predicted octanol–water partition coefficient (Wildman–Crippen LogP) is 3.36. The van der Waals surface area contributed by atoms with Crippen molar-refractivity contribution in [3.63, 3.8) is 0 Å². The van der Waals surface area contributed by atoms with Crippen LogP contribution in [0.15, 0.2) is 24.3 Å². The third kappa shape index (κ3) is 3.86. The Labute approximate surface area is 135 Å². The summed E-state index contributed by atoms with van der Waals surface area (Å²) in [5.74, 6) is 0.602. The van der Waals surface area contributed by atoms with E-state index in [1.54, 1.807) is 4.90 Å². The Bertz CT molecular complexity index is 536. The van der Waals surface area contributed by atoms with Gasteiger partial charge in [0.1, 0.15) is 0 Å². The highest BCUT2D eigenvalue weighted by Gasteiger charge is 2.38. The van der Waals surface area contributed by atoms with Crippen molar-refractivity contribution in [2.45, 2.75) is 26.1 Å². The Morgan fingerprint density at radius 1 is 1.17 bits per heavy atom. The minimum Gasteiger partial charge on any atom is -0.337 e. The number of alkyl halides is 3. The number of nitrogens with zero attached hydrogens (tertiary/aromatic N) is 2. The molecule has 0 spiro atoms. The molecular weight excluding hydrogens is 305 g/mol. The van der Waals surface area contributed by atoms with Crippen LogP contribution in [0.1, 0.15) is 29.8 Å². The summed E-state index contributed by atoms with van der Waals surface area (Å²) in [4.78, 5) is 16.4. The topological polar surface area (TPSA) is 23.6 Å². The van der Waals surface area contributed by atoms with Crippen LogP contribution in [-0.2, 0) is 6.18 Å². The first-order valence-electron chi connectivity index (χ1n) is 7.74. The maximum atomic E-state index is 12.6. The van der Waals surface area contributed by atoms with E-state index in [2.05, 4.69) is 18.7 Å². The number of hydrogen-bond acceptors (Lipinski definition) is 2. The summed E-state index contributed by atoms with van der Waals surface area (Å²) in [7, 11) is 3.98. The van der Waals surface area contributed by atoms with Gasteiger partial charge < -0.3 is 9.80 Å². The minimum absolute atomic E-state index is 0.200. The molecule has 1 aromatic carbocycles. The van der Waals surface area contributed by atoms with Crippen molar-refractivity contribution >= 4 is 5.91 Å². The van der Waals surface area contributed by atoms with Crippen LogP contribution in [0.3, 0.4) is 0 Å². The van der Waals surface area contributed by atoms with E-state index in [0.717, 1.165) is 12.1 Å². The maximum Gasteiger partial charge on any atom is 0.416 e. The third-order valence-electron chi connectivity index (χ3n) is 4.60. The summed E-state index contributed by atoms with van der Waals surface area (Å²) in [6, 6.07) is 4.73. The van der Waals surface area contributed by atoms with Gasteiger partial charge in [-0.2, -0.15) is 13.2 Å². The molecule has 1 amide bonds. The number of rotatable bonds is 3. The molecule has 0 saturated carbocycles. The number of hydrogen-bond donors (Lipinski definition) is 0. The molecule has 1 fully saturated rings. The lowest BCUT2D eigenvalue weighted by atomic mass is 9.91.